The van der Waals surface area contributed by atoms with Crippen LogP contribution in [0.2, 0.25) is 0 Å². The summed E-state index contributed by atoms with van der Waals surface area (Å²) in [7, 11) is 0. The van der Waals surface area contributed by atoms with Crippen LogP contribution in [0, 0.1) is 10.1 Å². The number of nitro benzene ring substituents is 1. The van der Waals surface area contributed by atoms with Crippen LogP contribution in [0.25, 0.3) is 0 Å². The zero-order chi connectivity index (χ0) is 16.2. The zero-order valence-corrected chi connectivity index (χ0v) is 12.0. The second kappa shape index (κ2) is 6.21. The predicted molar refractivity (Wildman–Crippen MR) is 75.9 cm³/mol. The molecule has 0 spiro atoms. The molecule has 8 nitrogen and oxygen atoms in total. The summed E-state index contributed by atoms with van der Waals surface area (Å²) >= 11 is 0. The maximum absolute atomic E-state index is 11.7. The van der Waals surface area contributed by atoms with Gasteiger partial charge in [-0.25, -0.2) is 0 Å². The van der Waals surface area contributed by atoms with Gasteiger partial charge in [-0.3, -0.25) is 19.7 Å². The lowest BCUT2D eigenvalue weighted by Gasteiger charge is -2.20. The first-order valence-electron chi connectivity index (χ1n) is 6.17. The van der Waals surface area contributed by atoms with E-state index in [0.29, 0.717) is 0 Å². The van der Waals surface area contributed by atoms with Crippen LogP contribution in [0.15, 0.2) is 18.2 Å². The van der Waals surface area contributed by atoms with Crippen molar-refractivity contribution in [1.82, 2.24) is 5.32 Å². The number of phenolic OH excluding ortho intramolecular Hbond substituents is 1. The van der Waals surface area contributed by atoms with Crippen LogP contribution in [0.5, 0.6) is 5.75 Å². The summed E-state index contributed by atoms with van der Waals surface area (Å²) in [6, 6.07) is 3.23. The summed E-state index contributed by atoms with van der Waals surface area (Å²) in [5.74, 6) is -1.47. The first-order valence-corrected chi connectivity index (χ1v) is 6.17. The van der Waals surface area contributed by atoms with Gasteiger partial charge in [0.2, 0.25) is 11.8 Å². The molecule has 0 aromatic heterocycles. The topological polar surface area (TPSA) is 122 Å². The minimum absolute atomic E-state index is 0.113. The van der Waals surface area contributed by atoms with E-state index in [4.69, 9.17) is 0 Å². The van der Waals surface area contributed by atoms with E-state index in [0.717, 1.165) is 18.2 Å². The van der Waals surface area contributed by atoms with E-state index in [2.05, 4.69) is 10.6 Å². The Morgan fingerprint density at radius 3 is 2.43 bits per heavy atom. The van der Waals surface area contributed by atoms with Crippen LogP contribution >= 0.6 is 0 Å². The van der Waals surface area contributed by atoms with Crippen molar-refractivity contribution in [2.45, 2.75) is 32.7 Å². The number of nitro groups is 1. The van der Waals surface area contributed by atoms with Gasteiger partial charge in [0.25, 0.3) is 5.69 Å². The van der Waals surface area contributed by atoms with Gasteiger partial charge in [0, 0.05) is 17.7 Å². The molecule has 0 saturated heterocycles. The van der Waals surface area contributed by atoms with E-state index in [-0.39, 0.29) is 17.1 Å². The van der Waals surface area contributed by atoms with Gasteiger partial charge in [-0.1, -0.05) is 0 Å². The molecular formula is C13H17N3O5. The van der Waals surface area contributed by atoms with Gasteiger partial charge in [0.05, 0.1) is 10.6 Å². The van der Waals surface area contributed by atoms with Gasteiger partial charge >= 0.3 is 0 Å². The molecule has 3 N–H and O–H groups in total. The van der Waals surface area contributed by atoms with Gasteiger partial charge in [0.15, 0.2) is 0 Å². The Morgan fingerprint density at radius 1 is 1.29 bits per heavy atom. The number of hydrogen-bond acceptors (Lipinski definition) is 5. The molecule has 0 aliphatic heterocycles. The summed E-state index contributed by atoms with van der Waals surface area (Å²) in [6.45, 7) is 5.32. The van der Waals surface area contributed by atoms with Crippen molar-refractivity contribution in [2.24, 2.45) is 0 Å². The number of anilines is 1. The van der Waals surface area contributed by atoms with Crippen molar-refractivity contribution in [2.75, 3.05) is 5.32 Å². The molecule has 0 heterocycles. The number of amides is 2. The Kier molecular flexibility index (Phi) is 4.85. The minimum atomic E-state index is -0.674. The molecule has 0 bridgehead atoms. The zero-order valence-electron chi connectivity index (χ0n) is 12.0. The monoisotopic (exact) mass is 295 g/mol. The van der Waals surface area contributed by atoms with Gasteiger partial charge in [-0.05, 0) is 26.8 Å². The second-order valence-electron chi connectivity index (χ2n) is 5.48. The number of hydrogen-bond donors (Lipinski definition) is 3. The van der Waals surface area contributed by atoms with Crippen LogP contribution in [0.1, 0.15) is 27.2 Å². The lowest BCUT2D eigenvalue weighted by atomic mass is 10.1. The van der Waals surface area contributed by atoms with Crippen LogP contribution < -0.4 is 10.6 Å². The predicted octanol–water partition coefficient (Wildman–Crippen LogP) is 1.54. The van der Waals surface area contributed by atoms with Gasteiger partial charge in [0.1, 0.15) is 12.2 Å². The third kappa shape index (κ3) is 5.47. The largest absolute Gasteiger partial charge is 0.506 e. The van der Waals surface area contributed by atoms with Crippen LogP contribution in [-0.4, -0.2) is 27.4 Å². The van der Waals surface area contributed by atoms with E-state index in [1.54, 1.807) is 20.8 Å². The number of nitrogens with one attached hydrogen (secondary N) is 2. The minimum Gasteiger partial charge on any atom is -0.506 e. The number of carbonyl (C=O) groups excluding carboxylic acids is 2. The summed E-state index contributed by atoms with van der Waals surface area (Å²) in [5.41, 5.74) is -0.856. The van der Waals surface area contributed by atoms with Crippen molar-refractivity contribution >= 4 is 23.2 Å². The number of carbonyl (C=O) groups is 2. The fourth-order valence-corrected chi connectivity index (χ4v) is 1.54. The van der Waals surface area contributed by atoms with Gasteiger partial charge in [-0.15, -0.1) is 0 Å². The highest BCUT2D eigenvalue weighted by molar-refractivity contribution is 6.04. The molecule has 1 aromatic carbocycles. The maximum Gasteiger partial charge on any atom is 0.271 e. The number of benzene rings is 1. The lowest BCUT2D eigenvalue weighted by Crippen LogP contribution is -2.41. The van der Waals surface area contributed by atoms with Gasteiger partial charge in [-0.2, -0.15) is 0 Å². The SMILES string of the molecule is CC(C)(C)NC(=O)CC(=O)Nc1cc([N+](=O)[O-])ccc1O. The Balaban J connectivity index is 2.73. The first-order chi connectivity index (χ1) is 9.58. The van der Waals surface area contributed by atoms with Crippen molar-refractivity contribution in [1.29, 1.82) is 0 Å². The highest BCUT2D eigenvalue weighted by Crippen LogP contribution is 2.27. The Labute approximate surface area is 121 Å². The average molecular weight is 295 g/mol. The standard InChI is InChI=1S/C13H17N3O5/c1-13(2,3)15-12(19)7-11(18)14-9-6-8(16(20)21)4-5-10(9)17/h4-6,17H,7H2,1-3H3,(H,14,18)(H,15,19). The third-order valence-corrected chi connectivity index (χ3v) is 2.30. The molecule has 8 heteroatoms. The van der Waals surface area contributed by atoms with Crippen molar-refractivity contribution in [3.8, 4) is 5.75 Å². The smallest absolute Gasteiger partial charge is 0.271 e. The summed E-state index contributed by atoms with van der Waals surface area (Å²) in [4.78, 5) is 33.2. The highest BCUT2D eigenvalue weighted by Gasteiger charge is 2.18. The fraction of sp³-hybridized carbons (Fsp3) is 0.385. The molecule has 1 aromatic rings. The van der Waals surface area contributed by atoms with Crippen LogP contribution in [-0.2, 0) is 9.59 Å². The van der Waals surface area contributed by atoms with E-state index in [9.17, 15) is 24.8 Å². The second-order valence-corrected chi connectivity index (χ2v) is 5.48. The molecule has 2 amide bonds. The van der Waals surface area contributed by atoms with Crippen LogP contribution in [0.3, 0.4) is 0 Å². The average Bonchev–Trinajstić information content (AvgIpc) is 2.28. The van der Waals surface area contributed by atoms with E-state index >= 15 is 0 Å². The van der Waals surface area contributed by atoms with E-state index in [1.165, 1.54) is 0 Å². The number of aromatic hydroxyl groups is 1. The van der Waals surface area contributed by atoms with Crippen molar-refractivity contribution < 1.29 is 19.6 Å². The molecule has 0 fully saturated rings. The molecule has 0 unspecified atom stereocenters. The Hall–Kier alpha value is -2.64. The molecule has 21 heavy (non-hydrogen) atoms. The van der Waals surface area contributed by atoms with Gasteiger partial charge < -0.3 is 15.7 Å². The number of non-ortho nitro benzene ring substituents is 1. The molecule has 0 saturated carbocycles. The molecule has 0 aliphatic carbocycles. The quantitative estimate of drug-likeness (QED) is 0.336. The Morgan fingerprint density at radius 2 is 1.90 bits per heavy atom. The normalized spacial score (nSPS) is 10.8. The van der Waals surface area contributed by atoms with Crippen molar-refractivity contribution in [3.05, 3.63) is 28.3 Å². The molecule has 0 radical (unpaired) electrons. The van der Waals surface area contributed by atoms with E-state index < -0.39 is 28.7 Å². The molecule has 1 rings (SSSR count). The molecule has 0 aliphatic rings. The molecule has 0 atom stereocenters. The number of nitrogens with zero attached hydrogens (tertiary/aromatic N) is 1. The summed E-state index contributed by atoms with van der Waals surface area (Å²) < 4.78 is 0. The summed E-state index contributed by atoms with van der Waals surface area (Å²) in [6.07, 6.45) is -0.445. The number of phenols is 1. The lowest BCUT2D eigenvalue weighted by molar-refractivity contribution is -0.384. The molecule has 114 valence electrons. The number of rotatable bonds is 4. The molecular weight excluding hydrogens is 278 g/mol. The first kappa shape index (κ1) is 16.4. The summed E-state index contributed by atoms with van der Waals surface area (Å²) in [5, 5.41) is 25.1. The van der Waals surface area contributed by atoms with Crippen molar-refractivity contribution in [3.63, 3.8) is 0 Å². The Bertz CT molecular complexity index is 578. The maximum atomic E-state index is 11.7. The highest BCUT2D eigenvalue weighted by atomic mass is 16.6. The van der Waals surface area contributed by atoms with Crippen LogP contribution in [0.4, 0.5) is 11.4 Å². The fourth-order valence-electron chi connectivity index (χ4n) is 1.54. The third-order valence-electron chi connectivity index (χ3n) is 2.30. The van der Waals surface area contributed by atoms with E-state index in [1.807, 2.05) is 0 Å².